The van der Waals surface area contributed by atoms with Gasteiger partial charge in [0.1, 0.15) is 24.1 Å². The molecule has 1 atom stereocenters. The van der Waals surface area contributed by atoms with Gasteiger partial charge in [-0.15, -0.1) is 0 Å². The maximum absolute atomic E-state index is 12.7. The van der Waals surface area contributed by atoms with Gasteiger partial charge in [0.05, 0.1) is 6.04 Å². The lowest BCUT2D eigenvalue weighted by Gasteiger charge is -2.37. The number of carbonyl (C=O) groups excluding carboxylic acids is 2. The van der Waals surface area contributed by atoms with Crippen LogP contribution in [-0.4, -0.2) is 53.3 Å². The third-order valence-corrected chi connectivity index (χ3v) is 6.52. The lowest BCUT2D eigenvalue weighted by Crippen LogP contribution is -2.43. The van der Waals surface area contributed by atoms with E-state index >= 15 is 0 Å². The molecule has 2 amide bonds. The predicted molar refractivity (Wildman–Crippen MR) is 133 cm³/mol. The number of ether oxygens (including phenoxy) is 3. The number of fused-ring (bicyclic) bond motifs is 1. The summed E-state index contributed by atoms with van der Waals surface area (Å²) >= 11 is 0. The van der Waals surface area contributed by atoms with Crippen LogP contribution in [0.5, 0.6) is 5.75 Å². The van der Waals surface area contributed by atoms with E-state index in [9.17, 15) is 9.59 Å². The van der Waals surface area contributed by atoms with Crippen molar-refractivity contribution in [3.63, 3.8) is 0 Å². The number of hydrogen-bond donors (Lipinski definition) is 0. The van der Waals surface area contributed by atoms with Gasteiger partial charge in [0.15, 0.2) is 0 Å². The van der Waals surface area contributed by atoms with Gasteiger partial charge in [0.25, 0.3) is 0 Å². The first-order valence-corrected chi connectivity index (χ1v) is 12.4. The van der Waals surface area contributed by atoms with Crippen molar-refractivity contribution in [2.75, 3.05) is 19.6 Å². The summed E-state index contributed by atoms with van der Waals surface area (Å²) in [5, 5.41) is 0. The second-order valence-corrected chi connectivity index (χ2v) is 10.3. The van der Waals surface area contributed by atoms with Crippen molar-refractivity contribution in [3.05, 3.63) is 65.2 Å². The standard InChI is InChI=1S/C28H36N2O5/c1-20-23-11-8-12-25(24(23)15-18-30(20)27(32)35-28(2,3)4)34-22-13-16-29(17-14-22)26(31)33-19-21-9-6-5-7-10-21/h5-12,20,22H,13-19H2,1-4H3. The van der Waals surface area contributed by atoms with Crippen molar-refractivity contribution in [3.8, 4) is 5.75 Å². The van der Waals surface area contributed by atoms with Crippen molar-refractivity contribution in [2.45, 2.75) is 71.3 Å². The Bertz CT molecular complexity index is 1030. The van der Waals surface area contributed by atoms with E-state index in [2.05, 4.69) is 6.07 Å². The summed E-state index contributed by atoms with van der Waals surface area (Å²) in [6.45, 7) is 9.77. The number of amides is 2. The SMILES string of the molecule is CC1c2cccc(OC3CCN(C(=O)OCc4ccccc4)CC3)c2CCN1C(=O)OC(C)(C)C. The van der Waals surface area contributed by atoms with Crippen LogP contribution in [-0.2, 0) is 22.5 Å². The zero-order valence-electron chi connectivity index (χ0n) is 21.2. The first-order valence-electron chi connectivity index (χ1n) is 12.4. The van der Waals surface area contributed by atoms with E-state index in [-0.39, 0.29) is 30.9 Å². The fourth-order valence-electron chi connectivity index (χ4n) is 4.66. The molecule has 2 heterocycles. The number of carbonyl (C=O) groups is 2. The molecule has 2 aliphatic heterocycles. The Labute approximate surface area is 207 Å². The first kappa shape index (κ1) is 24.9. The monoisotopic (exact) mass is 480 g/mol. The van der Waals surface area contributed by atoms with Crippen LogP contribution >= 0.6 is 0 Å². The van der Waals surface area contributed by atoms with E-state index in [1.54, 1.807) is 9.80 Å². The largest absolute Gasteiger partial charge is 0.490 e. The summed E-state index contributed by atoms with van der Waals surface area (Å²) in [5.74, 6) is 0.878. The van der Waals surface area contributed by atoms with Crippen LogP contribution in [0, 0.1) is 0 Å². The number of rotatable bonds is 4. The van der Waals surface area contributed by atoms with Gasteiger partial charge in [-0.1, -0.05) is 42.5 Å². The number of likely N-dealkylation sites (tertiary alicyclic amines) is 1. The average molecular weight is 481 g/mol. The maximum atomic E-state index is 12.7. The average Bonchev–Trinajstić information content (AvgIpc) is 2.83. The minimum absolute atomic E-state index is 0.0406. The van der Waals surface area contributed by atoms with E-state index < -0.39 is 5.60 Å². The highest BCUT2D eigenvalue weighted by Gasteiger charge is 2.33. The molecule has 0 N–H and O–H groups in total. The molecule has 1 saturated heterocycles. The van der Waals surface area contributed by atoms with E-state index in [4.69, 9.17) is 14.2 Å². The van der Waals surface area contributed by atoms with Gasteiger partial charge in [-0.2, -0.15) is 0 Å². The van der Waals surface area contributed by atoms with Crippen LogP contribution in [0.4, 0.5) is 9.59 Å². The molecule has 2 aliphatic rings. The van der Waals surface area contributed by atoms with Crippen LogP contribution in [0.15, 0.2) is 48.5 Å². The minimum Gasteiger partial charge on any atom is -0.490 e. The Morgan fingerprint density at radius 2 is 1.66 bits per heavy atom. The smallest absolute Gasteiger partial charge is 0.410 e. The van der Waals surface area contributed by atoms with Gasteiger partial charge in [-0.25, -0.2) is 9.59 Å². The van der Waals surface area contributed by atoms with E-state index in [1.165, 1.54) is 0 Å². The summed E-state index contributed by atoms with van der Waals surface area (Å²) in [6.07, 6.45) is 1.71. The minimum atomic E-state index is -0.523. The third-order valence-electron chi connectivity index (χ3n) is 6.52. The zero-order valence-corrected chi connectivity index (χ0v) is 21.2. The number of piperidine rings is 1. The summed E-state index contributed by atoms with van der Waals surface area (Å²) < 4.78 is 17.5. The summed E-state index contributed by atoms with van der Waals surface area (Å²) in [4.78, 5) is 28.7. The molecule has 2 aromatic carbocycles. The molecule has 2 aromatic rings. The van der Waals surface area contributed by atoms with Crippen molar-refractivity contribution >= 4 is 12.2 Å². The molecule has 188 valence electrons. The first-order chi connectivity index (χ1) is 16.7. The van der Waals surface area contributed by atoms with Gasteiger partial charge in [0.2, 0.25) is 0 Å². The predicted octanol–water partition coefficient (Wildman–Crippen LogP) is 5.72. The van der Waals surface area contributed by atoms with Crippen LogP contribution in [0.1, 0.15) is 63.3 Å². The Hall–Kier alpha value is -3.22. The third kappa shape index (κ3) is 6.27. The molecular formula is C28H36N2O5. The quantitative estimate of drug-likeness (QED) is 0.560. The number of hydrogen-bond acceptors (Lipinski definition) is 5. The molecular weight excluding hydrogens is 444 g/mol. The highest BCUT2D eigenvalue weighted by atomic mass is 16.6. The van der Waals surface area contributed by atoms with Crippen molar-refractivity contribution in [2.24, 2.45) is 0 Å². The van der Waals surface area contributed by atoms with Crippen molar-refractivity contribution < 1.29 is 23.8 Å². The topological polar surface area (TPSA) is 68.3 Å². The molecule has 1 unspecified atom stereocenters. The highest BCUT2D eigenvalue weighted by molar-refractivity contribution is 5.70. The molecule has 0 bridgehead atoms. The lowest BCUT2D eigenvalue weighted by atomic mass is 9.93. The maximum Gasteiger partial charge on any atom is 0.410 e. The molecule has 0 spiro atoms. The fraction of sp³-hybridized carbons (Fsp3) is 0.500. The van der Waals surface area contributed by atoms with E-state index in [1.807, 2.05) is 70.2 Å². The molecule has 4 rings (SSSR count). The van der Waals surface area contributed by atoms with Crippen LogP contribution < -0.4 is 4.74 Å². The summed E-state index contributed by atoms with van der Waals surface area (Å²) in [6, 6.07) is 15.7. The van der Waals surface area contributed by atoms with Gasteiger partial charge in [-0.05, 0) is 51.3 Å². The molecule has 7 nitrogen and oxygen atoms in total. The van der Waals surface area contributed by atoms with Gasteiger partial charge in [-0.3, -0.25) is 0 Å². The van der Waals surface area contributed by atoms with Crippen molar-refractivity contribution in [1.29, 1.82) is 0 Å². The molecule has 0 aromatic heterocycles. The van der Waals surface area contributed by atoms with Crippen LogP contribution in [0.3, 0.4) is 0 Å². The van der Waals surface area contributed by atoms with Gasteiger partial charge >= 0.3 is 12.2 Å². The van der Waals surface area contributed by atoms with E-state index in [0.29, 0.717) is 19.6 Å². The zero-order chi connectivity index (χ0) is 25.0. The molecule has 1 fully saturated rings. The molecule has 35 heavy (non-hydrogen) atoms. The van der Waals surface area contributed by atoms with E-state index in [0.717, 1.165) is 41.7 Å². The molecule has 0 saturated carbocycles. The number of benzene rings is 2. The highest BCUT2D eigenvalue weighted by Crippen LogP contribution is 2.36. The van der Waals surface area contributed by atoms with Gasteiger partial charge < -0.3 is 24.0 Å². The second kappa shape index (κ2) is 10.6. The molecule has 0 radical (unpaired) electrons. The molecule has 7 heteroatoms. The van der Waals surface area contributed by atoms with Crippen molar-refractivity contribution in [1.82, 2.24) is 9.80 Å². The Kier molecular flexibility index (Phi) is 7.53. The van der Waals surface area contributed by atoms with Crippen LogP contribution in [0.25, 0.3) is 0 Å². The van der Waals surface area contributed by atoms with Gasteiger partial charge in [0, 0.05) is 38.0 Å². The normalized spacial score (nSPS) is 18.6. The number of nitrogens with zero attached hydrogens (tertiary/aromatic N) is 2. The lowest BCUT2D eigenvalue weighted by molar-refractivity contribution is 0.0156. The Morgan fingerprint density at radius 3 is 2.34 bits per heavy atom. The Balaban J connectivity index is 1.32. The van der Waals surface area contributed by atoms with Crippen LogP contribution in [0.2, 0.25) is 0 Å². The summed E-state index contributed by atoms with van der Waals surface area (Å²) in [5.41, 5.74) is 2.71. The Morgan fingerprint density at radius 1 is 0.943 bits per heavy atom. The molecule has 0 aliphatic carbocycles. The summed E-state index contributed by atoms with van der Waals surface area (Å²) in [7, 11) is 0. The second-order valence-electron chi connectivity index (χ2n) is 10.3. The fourth-order valence-corrected chi connectivity index (χ4v) is 4.66.